The molecule has 3 heterocycles. The Morgan fingerprint density at radius 1 is 0.378 bits per heavy atom. The van der Waals surface area contributed by atoms with Crippen molar-refractivity contribution in [3.63, 3.8) is 0 Å². The largest absolute Gasteiger partial charge is 0.368 e. The van der Waals surface area contributed by atoms with Crippen LogP contribution in [0.25, 0.3) is 55.0 Å². The van der Waals surface area contributed by atoms with Crippen molar-refractivity contribution in [1.29, 1.82) is 0 Å². The van der Waals surface area contributed by atoms with E-state index in [4.69, 9.17) is 0 Å². The third-order valence-corrected chi connectivity index (χ3v) is 8.06. The summed E-state index contributed by atoms with van der Waals surface area (Å²) in [6.07, 6.45) is 2.46. The van der Waals surface area contributed by atoms with Gasteiger partial charge in [0.15, 0.2) is 0 Å². The summed E-state index contributed by atoms with van der Waals surface area (Å²) < 4.78 is 4.96. The van der Waals surface area contributed by atoms with Crippen LogP contribution in [-0.4, -0.2) is 22.2 Å². The highest BCUT2D eigenvalue weighted by atomic mass is 15.2. The first kappa shape index (κ1) is 20.7. The first-order valence-electron chi connectivity index (χ1n) is 13.3. The molecular weight excluding hydrogens is 450 g/mol. The van der Waals surface area contributed by atoms with Gasteiger partial charge in [0.05, 0.1) is 39.1 Å². The number of nitrogens with zero attached hydrogens (tertiary/aromatic N) is 3. The van der Waals surface area contributed by atoms with E-state index in [1.165, 1.54) is 73.5 Å². The van der Waals surface area contributed by atoms with Crippen LogP contribution >= 0.6 is 0 Å². The normalized spacial score (nSPS) is 14.0. The highest BCUT2D eigenvalue weighted by molar-refractivity contribution is 6.11. The number of para-hydroxylation sites is 5. The monoisotopic (exact) mass is 477 g/mol. The molecule has 37 heavy (non-hydrogen) atoms. The van der Waals surface area contributed by atoms with Gasteiger partial charge in [0.1, 0.15) is 0 Å². The predicted octanol–water partition coefficient (Wildman–Crippen LogP) is 8.48. The molecule has 0 bridgehead atoms. The van der Waals surface area contributed by atoms with Crippen LogP contribution in [0.1, 0.15) is 12.8 Å². The van der Waals surface area contributed by atoms with Gasteiger partial charge in [-0.25, -0.2) is 0 Å². The molecule has 0 aliphatic carbocycles. The Hall–Kier alpha value is -4.50. The lowest BCUT2D eigenvalue weighted by molar-refractivity contribution is 0.944. The average molecular weight is 478 g/mol. The average Bonchev–Trinajstić information content (AvgIpc) is 3.68. The van der Waals surface area contributed by atoms with Crippen LogP contribution in [0.2, 0.25) is 0 Å². The van der Waals surface area contributed by atoms with Gasteiger partial charge in [0, 0.05) is 34.6 Å². The van der Waals surface area contributed by atoms with Gasteiger partial charge in [-0.3, -0.25) is 0 Å². The fourth-order valence-electron chi connectivity index (χ4n) is 6.51. The van der Waals surface area contributed by atoms with Crippen LogP contribution in [0, 0.1) is 0 Å². The number of hydrogen-bond acceptors (Lipinski definition) is 1. The molecule has 1 fully saturated rings. The van der Waals surface area contributed by atoms with Crippen molar-refractivity contribution in [2.24, 2.45) is 0 Å². The minimum atomic E-state index is 1.08. The number of benzene rings is 5. The molecule has 0 radical (unpaired) electrons. The van der Waals surface area contributed by atoms with Crippen LogP contribution in [-0.2, 0) is 0 Å². The zero-order valence-electron chi connectivity index (χ0n) is 20.6. The van der Waals surface area contributed by atoms with Gasteiger partial charge in [-0.15, -0.1) is 0 Å². The zero-order valence-corrected chi connectivity index (χ0v) is 20.6. The Balaban J connectivity index is 1.53. The van der Waals surface area contributed by atoms with Crippen LogP contribution < -0.4 is 4.90 Å². The topological polar surface area (TPSA) is 13.1 Å². The summed E-state index contributed by atoms with van der Waals surface area (Å²) in [6, 6.07) is 42.1. The molecular formula is C34H27N3. The van der Waals surface area contributed by atoms with Crippen molar-refractivity contribution < 1.29 is 0 Å². The molecule has 0 spiro atoms. The van der Waals surface area contributed by atoms with E-state index in [9.17, 15) is 0 Å². The Kier molecular flexibility index (Phi) is 4.47. The van der Waals surface area contributed by atoms with Crippen LogP contribution in [0.3, 0.4) is 0 Å². The first-order chi connectivity index (χ1) is 18.4. The van der Waals surface area contributed by atoms with Crippen molar-refractivity contribution in [3.05, 3.63) is 115 Å². The molecule has 1 aliphatic heterocycles. The van der Waals surface area contributed by atoms with Gasteiger partial charge < -0.3 is 14.0 Å². The maximum absolute atomic E-state index is 2.61. The SMILES string of the molecule is c1cc(-n2c3ccccc3c3ccccc32)c(N2CCCC2)c(-n2c3ccccc3c3ccccc32)c1. The lowest BCUT2D eigenvalue weighted by Gasteiger charge is -2.27. The van der Waals surface area contributed by atoms with Gasteiger partial charge >= 0.3 is 0 Å². The Morgan fingerprint density at radius 2 is 0.730 bits per heavy atom. The molecule has 1 saturated heterocycles. The molecule has 2 aromatic heterocycles. The van der Waals surface area contributed by atoms with Crippen molar-refractivity contribution in [3.8, 4) is 11.4 Å². The van der Waals surface area contributed by atoms with E-state index in [1.54, 1.807) is 0 Å². The van der Waals surface area contributed by atoms with E-state index in [1.807, 2.05) is 0 Å². The Labute approximate surface area is 215 Å². The summed E-state index contributed by atoms with van der Waals surface area (Å²) >= 11 is 0. The molecule has 0 saturated carbocycles. The maximum Gasteiger partial charge on any atom is 0.0856 e. The van der Waals surface area contributed by atoms with E-state index in [0.717, 1.165) is 13.1 Å². The van der Waals surface area contributed by atoms with Gasteiger partial charge in [-0.1, -0.05) is 78.9 Å². The fraction of sp³-hybridized carbons (Fsp3) is 0.118. The molecule has 3 heteroatoms. The number of fused-ring (bicyclic) bond motifs is 6. The second kappa shape index (κ2) is 8.01. The molecule has 5 aromatic carbocycles. The van der Waals surface area contributed by atoms with Crippen molar-refractivity contribution in [2.45, 2.75) is 12.8 Å². The minimum absolute atomic E-state index is 1.08. The quantitative estimate of drug-likeness (QED) is 0.249. The lowest BCUT2D eigenvalue weighted by atomic mass is 10.1. The molecule has 0 amide bonds. The summed E-state index contributed by atoms with van der Waals surface area (Å²) in [5, 5.41) is 5.20. The summed E-state index contributed by atoms with van der Waals surface area (Å²) in [7, 11) is 0. The van der Waals surface area contributed by atoms with Crippen LogP contribution in [0.4, 0.5) is 5.69 Å². The smallest absolute Gasteiger partial charge is 0.0856 e. The highest BCUT2D eigenvalue weighted by Crippen LogP contribution is 2.42. The second-order valence-corrected chi connectivity index (χ2v) is 10.1. The molecule has 1 aliphatic rings. The zero-order chi connectivity index (χ0) is 24.3. The van der Waals surface area contributed by atoms with E-state index >= 15 is 0 Å². The summed E-state index contributed by atoms with van der Waals surface area (Å²) in [4.78, 5) is 2.61. The molecule has 178 valence electrons. The van der Waals surface area contributed by atoms with E-state index in [0.29, 0.717) is 0 Å². The van der Waals surface area contributed by atoms with Gasteiger partial charge in [0.25, 0.3) is 0 Å². The molecule has 0 N–H and O–H groups in total. The summed E-state index contributed by atoms with van der Waals surface area (Å²) in [5.74, 6) is 0. The summed E-state index contributed by atoms with van der Waals surface area (Å²) in [6.45, 7) is 2.16. The van der Waals surface area contributed by atoms with Gasteiger partial charge in [-0.05, 0) is 49.2 Å². The third kappa shape index (κ3) is 2.94. The minimum Gasteiger partial charge on any atom is -0.368 e. The number of hydrogen-bond donors (Lipinski definition) is 0. The lowest BCUT2D eigenvalue weighted by Crippen LogP contribution is -2.22. The molecule has 8 rings (SSSR count). The number of rotatable bonds is 3. The van der Waals surface area contributed by atoms with Gasteiger partial charge in [0.2, 0.25) is 0 Å². The van der Waals surface area contributed by atoms with E-state index < -0.39 is 0 Å². The second-order valence-electron chi connectivity index (χ2n) is 10.1. The third-order valence-electron chi connectivity index (χ3n) is 8.06. The Bertz CT molecular complexity index is 1710. The van der Waals surface area contributed by atoms with Crippen LogP contribution in [0.15, 0.2) is 115 Å². The highest BCUT2D eigenvalue weighted by Gasteiger charge is 2.25. The number of anilines is 1. The fourth-order valence-corrected chi connectivity index (χ4v) is 6.51. The predicted molar refractivity (Wildman–Crippen MR) is 157 cm³/mol. The standard InChI is InChI=1S/C34H27N3/c1-5-16-28-24(12-1)25-13-2-6-17-29(25)36(28)32-20-11-21-33(34(32)35-22-9-10-23-35)37-30-18-7-3-14-26(30)27-15-4-8-19-31(27)37/h1-8,11-21H,9-10,22-23H2. The van der Waals surface area contributed by atoms with E-state index in [-0.39, 0.29) is 0 Å². The summed E-state index contributed by atoms with van der Waals surface area (Å²) in [5.41, 5.74) is 8.83. The van der Waals surface area contributed by atoms with Gasteiger partial charge in [-0.2, -0.15) is 0 Å². The molecule has 0 atom stereocenters. The molecule has 7 aromatic rings. The first-order valence-corrected chi connectivity index (χ1v) is 13.3. The molecule has 3 nitrogen and oxygen atoms in total. The molecule has 0 unspecified atom stereocenters. The number of aromatic nitrogens is 2. The van der Waals surface area contributed by atoms with Crippen molar-refractivity contribution in [1.82, 2.24) is 9.13 Å². The van der Waals surface area contributed by atoms with Crippen molar-refractivity contribution in [2.75, 3.05) is 18.0 Å². The Morgan fingerprint density at radius 3 is 1.11 bits per heavy atom. The van der Waals surface area contributed by atoms with Crippen LogP contribution in [0.5, 0.6) is 0 Å². The maximum atomic E-state index is 2.61. The van der Waals surface area contributed by atoms with Crippen molar-refractivity contribution >= 4 is 49.3 Å². The van der Waals surface area contributed by atoms with E-state index in [2.05, 4.69) is 129 Å².